The van der Waals surface area contributed by atoms with Gasteiger partial charge in [0.1, 0.15) is 0 Å². The van der Waals surface area contributed by atoms with Crippen LogP contribution in [0.25, 0.3) is 0 Å². The molecule has 0 rings (SSSR count). The Morgan fingerprint density at radius 2 is 0.286 bits per heavy atom. The van der Waals surface area contributed by atoms with Crippen LogP contribution in [0.3, 0.4) is 0 Å². The Bertz CT molecular complexity index is 1960. The largest absolute Gasteiger partial charge is 0.396 e. The summed E-state index contributed by atoms with van der Waals surface area (Å²) in [6.45, 7) is 58.5. The van der Waals surface area contributed by atoms with Crippen molar-refractivity contribution >= 4 is 0 Å². The van der Waals surface area contributed by atoms with E-state index in [9.17, 15) is 25.5 Å². The number of hydrogen-bond acceptors (Lipinski definition) is 21. The van der Waals surface area contributed by atoms with Crippen molar-refractivity contribution in [2.24, 2.45) is 32.5 Å². The maximum Gasteiger partial charge on any atom is 0.0637 e. The number of aliphatic hydroxyl groups is 7. The number of hydrogen-bond donors (Lipinski definition) is 7. The second-order valence-corrected chi connectivity index (χ2v) is 29.2. The Morgan fingerprint density at radius 3 is 0.420 bits per heavy atom. The molecule has 0 aliphatic heterocycles. The predicted octanol–water partition coefficient (Wildman–Crippen LogP) is 15.0. The van der Waals surface area contributed by atoms with Gasteiger partial charge in [-0.15, -0.1) is 78.9 Å². The van der Waals surface area contributed by atoms with E-state index in [4.69, 9.17) is 76.5 Å². The fourth-order valence-corrected chi connectivity index (χ4v) is 10.2. The van der Waals surface area contributed by atoms with Gasteiger partial charge in [0, 0.05) is 84.7 Å². The highest BCUT2D eigenvalue weighted by Crippen LogP contribution is 2.28. The molecule has 0 aromatic carbocycles. The van der Waals surface area contributed by atoms with Crippen molar-refractivity contribution in [3.63, 3.8) is 0 Å². The Hall–Kier alpha value is -3.96. The lowest BCUT2D eigenvalue weighted by atomic mass is 9.88. The van der Waals surface area contributed by atoms with E-state index in [0.29, 0.717) is 165 Å². The summed E-state index contributed by atoms with van der Waals surface area (Å²) < 4.78 is 82.9. The fraction of sp³-hybridized carbons (Fsp3) is 0.736. The van der Waals surface area contributed by atoms with Crippen LogP contribution in [-0.4, -0.2) is 267 Å². The van der Waals surface area contributed by atoms with Crippen LogP contribution in [0.4, 0.5) is 0 Å². The summed E-state index contributed by atoms with van der Waals surface area (Å²) in [5.74, 6) is 0. The van der Waals surface area contributed by atoms with Crippen molar-refractivity contribution in [1.29, 1.82) is 0 Å². The lowest BCUT2D eigenvalue weighted by Gasteiger charge is -2.36. The molecule has 0 saturated carbocycles. The molecule has 0 fully saturated rings. The minimum Gasteiger partial charge on any atom is -0.396 e. The molecule has 0 bridgehead atoms. The van der Waals surface area contributed by atoms with Crippen molar-refractivity contribution in [2.75, 3.05) is 231 Å². The first-order valence-corrected chi connectivity index (χ1v) is 41.3. The predicted molar refractivity (Wildman–Crippen MR) is 459 cm³/mol. The van der Waals surface area contributed by atoms with Gasteiger partial charge in [0.2, 0.25) is 0 Å². The quantitative estimate of drug-likeness (QED) is 0.0220. The summed E-state index contributed by atoms with van der Waals surface area (Å²) in [7, 11) is 0. The molecule has 0 radical (unpaired) electrons. The zero-order valence-electron chi connectivity index (χ0n) is 70.7. The van der Waals surface area contributed by atoms with Gasteiger partial charge in [0.25, 0.3) is 0 Å². The molecule has 0 unspecified atom stereocenters. The number of rotatable bonds is 88. The number of allylic oxidation sites excluding steroid dienone is 12. The van der Waals surface area contributed by atoms with Crippen LogP contribution < -0.4 is 0 Å². The van der Waals surface area contributed by atoms with Crippen LogP contribution in [-0.2, 0) is 66.3 Å². The van der Waals surface area contributed by atoms with Gasteiger partial charge in [0.15, 0.2) is 0 Å². The van der Waals surface area contributed by atoms with Crippen molar-refractivity contribution in [1.82, 2.24) is 0 Å². The van der Waals surface area contributed by atoms with Gasteiger partial charge >= 0.3 is 0 Å². The third kappa shape index (κ3) is 67.1. The average Bonchev–Trinajstić information content (AvgIpc) is 0.851. The molecule has 656 valence electrons. The molecule has 0 saturated heterocycles. The van der Waals surface area contributed by atoms with Crippen LogP contribution in [0.1, 0.15) is 167 Å². The first-order valence-electron chi connectivity index (χ1n) is 41.3. The molecule has 0 spiro atoms. The van der Waals surface area contributed by atoms with Gasteiger partial charge in [-0.2, -0.15) is 0 Å². The fourth-order valence-electron chi connectivity index (χ4n) is 10.2. The molecule has 21 heteroatoms. The molecule has 7 N–H and O–H groups in total. The molecule has 0 amide bonds. The van der Waals surface area contributed by atoms with Gasteiger partial charge in [-0.05, 0) is 161 Å². The summed E-state index contributed by atoms with van der Waals surface area (Å²) in [5, 5.41) is 68.3. The van der Waals surface area contributed by atoms with Crippen molar-refractivity contribution in [2.45, 2.75) is 167 Å². The topological polar surface area (TPSA) is 271 Å². The van der Waals surface area contributed by atoms with Crippen LogP contribution in [0, 0.1) is 32.5 Å². The summed E-state index contributed by atoms with van der Waals surface area (Å²) in [4.78, 5) is 0. The van der Waals surface area contributed by atoms with Gasteiger partial charge in [-0.1, -0.05) is 79.8 Å². The van der Waals surface area contributed by atoms with E-state index < -0.39 is 32.5 Å². The smallest absolute Gasteiger partial charge is 0.0637 e. The Labute approximate surface area is 681 Å². The highest BCUT2D eigenvalue weighted by atomic mass is 16.5. The normalized spacial score (nSPS) is 11.8. The Morgan fingerprint density at radius 1 is 0.170 bits per heavy atom. The zero-order valence-corrected chi connectivity index (χ0v) is 70.7. The minimum absolute atomic E-state index is 0.0263. The van der Waals surface area contributed by atoms with Crippen molar-refractivity contribution < 1.29 is 102 Å². The molecule has 0 aromatic rings. The lowest BCUT2D eigenvalue weighted by molar-refractivity contribution is -0.137. The van der Waals surface area contributed by atoms with Gasteiger partial charge in [0.05, 0.1) is 179 Å². The summed E-state index contributed by atoms with van der Waals surface area (Å²) in [6.07, 6.45) is 44.6. The Balaban J connectivity index is -0.000000752. The van der Waals surface area contributed by atoms with E-state index in [2.05, 4.69) is 78.9 Å². The molecular weight excluding hydrogens is 1430 g/mol. The molecule has 0 aliphatic carbocycles. The van der Waals surface area contributed by atoms with Gasteiger partial charge < -0.3 is 102 Å². The van der Waals surface area contributed by atoms with E-state index in [1.165, 1.54) is 0 Å². The molecule has 0 heterocycles. The molecular formula is C91H166O21. The molecule has 0 atom stereocenters. The van der Waals surface area contributed by atoms with E-state index >= 15 is 0 Å². The van der Waals surface area contributed by atoms with E-state index in [0.717, 1.165) is 161 Å². The molecule has 0 aliphatic rings. The van der Waals surface area contributed by atoms with Crippen LogP contribution in [0.5, 0.6) is 0 Å². The first kappa shape index (κ1) is 114. The second-order valence-electron chi connectivity index (χ2n) is 29.2. The monoisotopic (exact) mass is 1600 g/mol. The maximum absolute atomic E-state index is 10.5. The van der Waals surface area contributed by atoms with Crippen LogP contribution >= 0.6 is 0 Å². The van der Waals surface area contributed by atoms with Gasteiger partial charge in [-0.25, -0.2) is 0 Å². The third-order valence-electron chi connectivity index (χ3n) is 18.0. The molecule has 112 heavy (non-hydrogen) atoms. The van der Waals surface area contributed by atoms with E-state index in [-0.39, 0.29) is 66.1 Å². The molecule has 0 aromatic heterocycles. The standard InChI is InChI=1S/C35H62O7.C30H54O7.C15H28O4.C11H22O3/c1-6-11-16-21-37-27-34(26-36,28-38-22-17-12-7-2)29-42-33-35(30-39-23-18-13-8-3,31-40-24-19-14-9-4)32-41-25-20-15-10-5;1-5-9-13-17-33-23-29(21-31,24-34-18-14-10-6-2)27-37-28-30(22-32,25-35-19-15-11-7-3)26-36-20-16-12-8-4;1-3-5-7-9-18-13-15(11-16,12-17)14-19-10-8-6-4-2;1-3-5-6-7-14-10-11(4-2,8-12)9-13/h6-10,36H,1-5,11-33H2;5-8,31-32H,1-4,9-28H2;3-4,16-17H,1-2,5-14H2;3,12-13H,1,4-10H2,2H3. The van der Waals surface area contributed by atoms with Crippen molar-refractivity contribution in [3.05, 3.63) is 152 Å². The first-order chi connectivity index (χ1) is 54.6. The highest BCUT2D eigenvalue weighted by molar-refractivity contribution is 4.87. The second kappa shape index (κ2) is 86.4. The van der Waals surface area contributed by atoms with Crippen molar-refractivity contribution in [3.8, 4) is 0 Å². The van der Waals surface area contributed by atoms with Crippen LogP contribution in [0.2, 0.25) is 0 Å². The number of aliphatic hydroxyl groups excluding tert-OH is 7. The molecule has 21 nitrogen and oxygen atoms in total. The number of ether oxygens (including phenoxy) is 14. The number of unbranched alkanes of at least 4 members (excludes halogenated alkanes) is 12. The minimum atomic E-state index is -0.709. The third-order valence-corrected chi connectivity index (χ3v) is 18.0. The SMILES string of the molecule is C=CCCCOCC(CC)(CO)CO.C=CCCCOCC(CO)(CO)COCCCC=C.C=CCCCOCC(CO)(COCCCC=C)COCC(CO)(COCCCC=C)COCCCC=C.C=CCCCOCC(CO)(COCCCC=C)COCC(COCCCC=C)(COCCCC=C)COCCCC=C. The van der Waals surface area contributed by atoms with E-state index in [1.54, 1.807) is 0 Å². The average molecular weight is 1600 g/mol. The summed E-state index contributed by atoms with van der Waals surface area (Å²) >= 11 is 0. The summed E-state index contributed by atoms with van der Waals surface area (Å²) in [6, 6.07) is 0. The summed E-state index contributed by atoms with van der Waals surface area (Å²) in [5.41, 5.74) is -3.78. The van der Waals surface area contributed by atoms with Gasteiger partial charge in [-0.3, -0.25) is 0 Å². The highest BCUT2D eigenvalue weighted by Gasteiger charge is 2.38. The Kier molecular flexibility index (Phi) is 88.2. The van der Waals surface area contributed by atoms with Crippen LogP contribution in [0.15, 0.2) is 152 Å². The zero-order chi connectivity index (χ0) is 83.8. The lowest BCUT2D eigenvalue weighted by Crippen LogP contribution is -2.45. The maximum atomic E-state index is 10.5. The van der Waals surface area contributed by atoms with E-state index in [1.807, 2.05) is 79.8 Å².